The van der Waals surface area contributed by atoms with Crippen LogP contribution in [-0.4, -0.2) is 51.1 Å². The maximum atomic E-state index is 11.7. The summed E-state index contributed by atoms with van der Waals surface area (Å²) < 4.78 is 0. The van der Waals surface area contributed by atoms with Crippen LogP contribution in [0.2, 0.25) is 0 Å². The molecule has 5 heteroatoms. The molecular weight excluding hydrogens is 236 g/mol. The van der Waals surface area contributed by atoms with Gasteiger partial charge in [0.05, 0.1) is 12.7 Å². The number of carbonyl (C=O) groups excluding carboxylic acids is 1. The van der Waals surface area contributed by atoms with E-state index in [9.17, 15) is 15.0 Å². The predicted molar refractivity (Wildman–Crippen MR) is 64.9 cm³/mol. The molecule has 100 valence electrons. The Morgan fingerprint density at radius 1 is 1.06 bits per heavy atom. The third-order valence-corrected chi connectivity index (χ3v) is 2.69. The third kappa shape index (κ3) is 4.54. The van der Waals surface area contributed by atoms with E-state index in [0.29, 0.717) is 0 Å². The predicted octanol–water partition coefficient (Wildman–Crippen LogP) is -0.737. The Morgan fingerprint density at radius 3 is 2.22 bits per heavy atom. The van der Waals surface area contributed by atoms with Crippen molar-refractivity contribution in [3.63, 3.8) is 0 Å². The van der Waals surface area contributed by atoms with Gasteiger partial charge in [0.1, 0.15) is 12.2 Å². The first-order chi connectivity index (χ1) is 8.54. The van der Waals surface area contributed by atoms with Crippen molar-refractivity contribution in [1.82, 2.24) is 0 Å². The van der Waals surface area contributed by atoms with Crippen molar-refractivity contribution in [3.05, 3.63) is 35.9 Å². The van der Waals surface area contributed by atoms with Crippen LogP contribution in [0.1, 0.15) is 12.0 Å². The summed E-state index contributed by atoms with van der Waals surface area (Å²) in [5, 5.41) is 36.7. The van der Waals surface area contributed by atoms with Gasteiger partial charge in [-0.2, -0.15) is 0 Å². The highest BCUT2D eigenvalue weighted by Crippen LogP contribution is 2.08. The minimum absolute atomic E-state index is 0.0734. The Balaban J connectivity index is 2.47. The van der Waals surface area contributed by atoms with Crippen LogP contribution in [0, 0.1) is 0 Å². The van der Waals surface area contributed by atoms with E-state index in [4.69, 9.17) is 10.2 Å². The first-order valence-corrected chi connectivity index (χ1v) is 5.76. The summed E-state index contributed by atoms with van der Waals surface area (Å²) in [4.78, 5) is 11.7. The molecule has 5 nitrogen and oxygen atoms in total. The van der Waals surface area contributed by atoms with Gasteiger partial charge in [-0.3, -0.25) is 4.79 Å². The van der Waals surface area contributed by atoms with Crippen molar-refractivity contribution in [1.29, 1.82) is 0 Å². The number of aliphatic hydroxyl groups is 4. The lowest BCUT2D eigenvalue weighted by molar-refractivity contribution is -0.129. The Morgan fingerprint density at radius 2 is 1.67 bits per heavy atom. The fraction of sp³-hybridized carbons (Fsp3) is 0.462. The minimum atomic E-state index is -1.35. The molecule has 4 N–H and O–H groups in total. The average molecular weight is 254 g/mol. The van der Waals surface area contributed by atoms with Gasteiger partial charge in [-0.15, -0.1) is 0 Å². The molecule has 3 atom stereocenters. The lowest BCUT2D eigenvalue weighted by atomic mass is 9.99. The van der Waals surface area contributed by atoms with Crippen LogP contribution in [0.3, 0.4) is 0 Å². The summed E-state index contributed by atoms with van der Waals surface area (Å²) in [6.07, 6.45) is -4.22. The lowest BCUT2D eigenvalue weighted by Crippen LogP contribution is -2.35. The molecule has 0 aliphatic carbocycles. The van der Waals surface area contributed by atoms with Crippen LogP contribution in [0.5, 0.6) is 0 Å². The van der Waals surface area contributed by atoms with Crippen LogP contribution in [0.25, 0.3) is 0 Å². The second kappa shape index (κ2) is 7.23. The zero-order chi connectivity index (χ0) is 13.5. The summed E-state index contributed by atoms with van der Waals surface area (Å²) in [5.41, 5.74) is 0.777. The van der Waals surface area contributed by atoms with Crippen LogP contribution < -0.4 is 0 Å². The standard InChI is InChI=1S/C13H18O5/c14-8-13(18)12(17)7-11(16)10(15)6-9-4-2-1-3-5-9/h1-5,11-14,16-18H,6-8H2/t11-,12+,13-/m1/s1. The average Bonchev–Trinajstić information content (AvgIpc) is 2.38. The smallest absolute Gasteiger partial charge is 0.165 e. The van der Waals surface area contributed by atoms with Gasteiger partial charge in [0.2, 0.25) is 0 Å². The third-order valence-electron chi connectivity index (χ3n) is 2.69. The van der Waals surface area contributed by atoms with E-state index >= 15 is 0 Å². The van der Waals surface area contributed by atoms with E-state index in [1.165, 1.54) is 0 Å². The highest BCUT2D eigenvalue weighted by Gasteiger charge is 2.23. The molecule has 0 spiro atoms. The Hall–Kier alpha value is -1.27. The number of aliphatic hydroxyl groups excluding tert-OH is 4. The summed E-state index contributed by atoms with van der Waals surface area (Å²) in [6, 6.07) is 8.94. The quantitative estimate of drug-likeness (QED) is 0.514. The normalized spacial score (nSPS) is 16.0. The summed E-state index contributed by atoms with van der Waals surface area (Å²) in [7, 11) is 0. The molecule has 0 unspecified atom stereocenters. The van der Waals surface area contributed by atoms with Crippen molar-refractivity contribution in [2.75, 3.05) is 6.61 Å². The molecule has 0 amide bonds. The number of benzene rings is 1. The first-order valence-electron chi connectivity index (χ1n) is 5.76. The summed E-state index contributed by atoms with van der Waals surface area (Å²) >= 11 is 0. The number of carbonyl (C=O) groups is 1. The zero-order valence-corrected chi connectivity index (χ0v) is 9.94. The molecule has 0 radical (unpaired) electrons. The van der Waals surface area contributed by atoms with E-state index in [-0.39, 0.29) is 12.8 Å². The maximum absolute atomic E-state index is 11.7. The molecule has 0 bridgehead atoms. The fourth-order valence-electron chi connectivity index (χ4n) is 1.55. The van der Waals surface area contributed by atoms with Crippen molar-refractivity contribution in [2.24, 2.45) is 0 Å². The van der Waals surface area contributed by atoms with Gasteiger partial charge < -0.3 is 20.4 Å². The van der Waals surface area contributed by atoms with E-state index < -0.39 is 30.7 Å². The molecule has 18 heavy (non-hydrogen) atoms. The number of ketones is 1. The number of rotatable bonds is 7. The van der Waals surface area contributed by atoms with Gasteiger partial charge in [-0.25, -0.2) is 0 Å². The van der Waals surface area contributed by atoms with Crippen molar-refractivity contribution in [3.8, 4) is 0 Å². The van der Waals surface area contributed by atoms with E-state index in [0.717, 1.165) is 5.56 Å². The molecule has 0 aliphatic rings. The highest BCUT2D eigenvalue weighted by molar-refractivity contribution is 5.84. The number of Topliss-reactive ketones (excluding diaryl/α,β-unsaturated/α-hetero) is 1. The Bertz CT molecular complexity index is 365. The molecule has 1 aromatic rings. The van der Waals surface area contributed by atoms with Crippen LogP contribution in [0.15, 0.2) is 30.3 Å². The summed E-state index contributed by atoms with van der Waals surface area (Å²) in [5.74, 6) is -0.426. The minimum Gasteiger partial charge on any atom is -0.394 e. The van der Waals surface area contributed by atoms with Crippen molar-refractivity contribution in [2.45, 2.75) is 31.2 Å². The van der Waals surface area contributed by atoms with E-state index in [2.05, 4.69) is 0 Å². The lowest BCUT2D eigenvalue weighted by Gasteiger charge is -2.18. The topological polar surface area (TPSA) is 98.0 Å². The van der Waals surface area contributed by atoms with Crippen LogP contribution in [0.4, 0.5) is 0 Å². The van der Waals surface area contributed by atoms with E-state index in [1.807, 2.05) is 6.07 Å². The second-order valence-electron chi connectivity index (χ2n) is 4.20. The Kier molecular flexibility index (Phi) is 5.94. The van der Waals surface area contributed by atoms with Crippen LogP contribution in [-0.2, 0) is 11.2 Å². The van der Waals surface area contributed by atoms with Gasteiger partial charge in [0, 0.05) is 12.8 Å². The molecule has 0 fully saturated rings. The van der Waals surface area contributed by atoms with Gasteiger partial charge in [0.25, 0.3) is 0 Å². The second-order valence-corrected chi connectivity index (χ2v) is 4.20. The molecule has 0 saturated heterocycles. The molecule has 0 saturated carbocycles. The van der Waals surface area contributed by atoms with Gasteiger partial charge in [0.15, 0.2) is 5.78 Å². The largest absolute Gasteiger partial charge is 0.394 e. The van der Waals surface area contributed by atoms with Gasteiger partial charge in [-0.1, -0.05) is 30.3 Å². The van der Waals surface area contributed by atoms with Crippen LogP contribution >= 0.6 is 0 Å². The molecule has 1 aromatic carbocycles. The summed E-state index contributed by atoms with van der Waals surface area (Å²) in [6.45, 7) is -0.610. The molecule has 0 aliphatic heterocycles. The molecule has 1 rings (SSSR count). The van der Waals surface area contributed by atoms with E-state index in [1.54, 1.807) is 24.3 Å². The van der Waals surface area contributed by atoms with Crippen molar-refractivity contribution < 1.29 is 25.2 Å². The molecule has 0 aromatic heterocycles. The zero-order valence-electron chi connectivity index (χ0n) is 9.94. The SMILES string of the molecule is O=C(Cc1ccccc1)[C@H](O)C[C@H](O)[C@H](O)CO. The number of hydrogen-bond acceptors (Lipinski definition) is 5. The monoisotopic (exact) mass is 254 g/mol. The van der Waals surface area contributed by atoms with Gasteiger partial charge in [-0.05, 0) is 5.56 Å². The molecular formula is C13H18O5. The molecule has 0 heterocycles. The Labute approximate surface area is 105 Å². The van der Waals surface area contributed by atoms with Crippen molar-refractivity contribution >= 4 is 5.78 Å². The first kappa shape index (κ1) is 14.8. The van der Waals surface area contributed by atoms with Gasteiger partial charge >= 0.3 is 0 Å². The number of hydrogen-bond donors (Lipinski definition) is 4. The highest BCUT2D eigenvalue weighted by atomic mass is 16.4. The fourth-order valence-corrected chi connectivity index (χ4v) is 1.55. The maximum Gasteiger partial charge on any atom is 0.165 e.